The van der Waals surface area contributed by atoms with Gasteiger partial charge in [-0.25, -0.2) is 5.48 Å². The number of hydrogen-bond acceptors (Lipinski definition) is 5. The Hall–Kier alpha value is -3.29. The molecule has 2 aliphatic rings. The minimum atomic E-state index is -0.618. The van der Waals surface area contributed by atoms with Crippen LogP contribution in [0.5, 0.6) is 0 Å². The van der Waals surface area contributed by atoms with Gasteiger partial charge in [0.05, 0.1) is 18.0 Å². The first-order valence-electron chi connectivity index (χ1n) is 11.4. The van der Waals surface area contributed by atoms with E-state index in [0.29, 0.717) is 24.5 Å². The van der Waals surface area contributed by atoms with Crippen LogP contribution >= 0.6 is 0 Å². The zero-order valence-electron chi connectivity index (χ0n) is 18.3. The Labute approximate surface area is 192 Å². The Morgan fingerprint density at radius 3 is 2.61 bits per heavy atom. The molecule has 2 amide bonds. The minimum absolute atomic E-state index is 0.166. The summed E-state index contributed by atoms with van der Waals surface area (Å²) >= 11 is 0. The first-order chi connectivity index (χ1) is 16.1. The van der Waals surface area contributed by atoms with E-state index >= 15 is 0 Å². The summed E-state index contributed by atoms with van der Waals surface area (Å²) in [6.45, 7) is 0.626. The molecule has 3 N–H and O–H groups in total. The number of nitrogens with zero attached hydrogens (tertiary/aromatic N) is 1. The molecule has 1 saturated carbocycles. The summed E-state index contributed by atoms with van der Waals surface area (Å²) in [5.41, 5.74) is 6.77. The van der Waals surface area contributed by atoms with E-state index in [0.717, 1.165) is 22.9 Å². The number of para-hydroxylation sites is 1. The van der Waals surface area contributed by atoms with E-state index in [2.05, 4.69) is 23.5 Å². The molecule has 7 heteroatoms. The Morgan fingerprint density at radius 1 is 1.06 bits per heavy atom. The first-order valence-corrected chi connectivity index (χ1v) is 11.4. The van der Waals surface area contributed by atoms with Crippen molar-refractivity contribution >= 4 is 22.7 Å². The predicted octanol–water partition coefficient (Wildman–Crippen LogP) is 3.34. The lowest BCUT2D eigenvalue weighted by molar-refractivity contribution is -0.138. The van der Waals surface area contributed by atoms with Gasteiger partial charge in [0.25, 0.3) is 11.8 Å². The van der Waals surface area contributed by atoms with Gasteiger partial charge >= 0.3 is 0 Å². The van der Waals surface area contributed by atoms with Crippen molar-refractivity contribution < 1.29 is 19.5 Å². The molecule has 0 spiro atoms. The van der Waals surface area contributed by atoms with Crippen molar-refractivity contribution in [1.29, 1.82) is 0 Å². The third kappa shape index (κ3) is 4.74. The van der Waals surface area contributed by atoms with Gasteiger partial charge in [0.1, 0.15) is 0 Å². The second kappa shape index (κ2) is 9.29. The maximum absolute atomic E-state index is 12.8. The molecule has 33 heavy (non-hydrogen) atoms. The highest BCUT2D eigenvalue weighted by molar-refractivity contribution is 5.95. The summed E-state index contributed by atoms with van der Waals surface area (Å²) in [5.74, 6) is -0.825. The van der Waals surface area contributed by atoms with Crippen molar-refractivity contribution in [1.82, 2.24) is 15.8 Å². The standard InChI is InChI=1S/C26H27N3O4/c30-25(28-23-11-12-33-15-21(23)26(31)29-32)18-7-5-16(6-8-18)13-19-14-24(17-9-10-17)27-22-4-2-1-3-20(19)22/h1-8,14,17,21,23,32H,9-13,15H2,(H,28,30)(H,29,31)/t21-,23+/m0/s1. The van der Waals surface area contributed by atoms with E-state index in [1.165, 1.54) is 24.1 Å². The number of aromatic nitrogens is 1. The molecule has 1 saturated heterocycles. The van der Waals surface area contributed by atoms with E-state index in [4.69, 9.17) is 14.9 Å². The molecule has 2 fully saturated rings. The number of pyridine rings is 1. The molecule has 2 aromatic carbocycles. The van der Waals surface area contributed by atoms with E-state index in [9.17, 15) is 9.59 Å². The third-order valence-corrected chi connectivity index (χ3v) is 6.55. The molecule has 0 bridgehead atoms. The summed E-state index contributed by atoms with van der Waals surface area (Å²) in [6, 6.07) is 17.7. The quantitative estimate of drug-likeness (QED) is 0.399. The second-order valence-electron chi connectivity index (χ2n) is 8.90. The summed E-state index contributed by atoms with van der Waals surface area (Å²) in [4.78, 5) is 29.5. The summed E-state index contributed by atoms with van der Waals surface area (Å²) < 4.78 is 5.32. The van der Waals surface area contributed by atoms with Crippen LogP contribution in [0.1, 0.15) is 52.4 Å². The number of rotatable bonds is 6. The van der Waals surface area contributed by atoms with Gasteiger partial charge in [0.15, 0.2) is 0 Å². The number of carbonyl (C=O) groups is 2. The van der Waals surface area contributed by atoms with E-state index in [1.54, 1.807) is 5.48 Å². The van der Waals surface area contributed by atoms with Crippen LogP contribution in [0.4, 0.5) is 0 Å². The first kappa shape index (κ1) is 21.6. The van der Waals surface area contributed by atoms with Gasteiger partial charge in [0, 0.05) is 35.2 Å². The zero-order valence-corrected chi connectivity index (χ0v) is 18.3. The third-order valence-electron chi connectivity index (χ3n) is 6.55. The average Bonchev–Trinajstić information content (AvgIpc) is 3.70. The van der Waals surface area contributed by atoms with Crippen LogP contribution in [-0.4, -0.2) is 41.3 Å². The fourth-order valence-corrected chi connectivity index (χ4v) is 4.50. The summed E-state index contributed by atoms with van der Waals surface area (Å²) in [6.07, 6.45) is 3.70. The fraction of sp³-hybridized carbons (Fsp3) is 0.346. The van der Waals surface area contributed by atoms with Crippen LogP contribution in [0.2, 0.25) is 0 Å². The molecule has 7 nitrogen and oxygen atoms in total. The number of benzene rings is 2. The van der Waals surface area contributed by atoms with Crippen LogP contribution in [0.15, 0.2) is 54.6 Å². The van der Waals surface area contributed by atoms with Crippen LogP contribution in [0.3, 0.4) is 0 Å². The number of ether oxygens (including phenoxy) is 1. The smallest absolute Gasteiger partial charge is 0.251 e. The highest BCUT2D eigenvalue weighted by Crippen LogP contribution is 2.40. The molecule has 2 atom stereocenters. The lowest BCUT2D eigenvalue weighted by atomic mass is 9.94. The van der Waals surface area contributed by atoms with Crippen molar-refractivity contribution in [3.05, 3.63) is 77.0 Å². The van der Waals surface area contributed by atoms with Crippen LogP contribution in [0, 0.1) is 5.92 Å². The van der Waals surface area contributed by atoms with Gasteiger partial charge in [-0.2, -0.15) is 0 Å². The van der Waals surface area contributed by atoms with Crippen molar-refractivity contribution in [3.63, 3.8) is 0 Å². The largest absolute Gasteiger partial charge is 0.380 e. The Kier molecular flexibility index (Phi) is 6.07. The van der Waals surface area contributed by atoms with Gasteiger partial charge < -0.3 is 10.1 Å². The van der Waals surface area contributed by atoms with Crippen molar-refractivity contribution in [2.45, 2.75) is 37.6 Å². The van der Waals surface area contributed by atoms with Crippen LogP contribution < -0.4 is 10.8 Å². The number of nitrogens with one attached hydrogen (secondary N) is 2. The van der Waals surface area contributed by atoms with Crippen molar-refractivity contribution in [2.75, 3.05) is 13.2 Å². The monoisotopic (exact) mass is 445 g/mol. The molecule has 1 aliphatic carbocycles. The topological polar surface area (TPSA) is 101 Å². The Balaban J connectivity index is 1.31. The van der Waals surface area contributed by atoms with Gasteiger partial charge in [-0.05, 0) is 61.1 Å². The van der Waals surface area contributed by atoms with E-state index in [1.807, 2.05) is 36.4 Å². The normalized spacial score (nSPS) is 20.4. The Morgan fingerprint density at radius 2 is 1.85 bits per heavy atom. The molecule has 1 aliphatic heterocycles. The average molecular weight is 446 g/mol. The number of hydroxylamine groups is 1. The molecule has 1 aromatic heterocycles. The maximum atomic E-state index is 12.8. The molecular weight excluding hydrogens is 418 g/mol. The lowest BCUT2D eigenvalue weighted by Crippen LogP contribution is -2.51. The number of amides is 2. The Bertz CT molecular complexity index is 1170. The fourth-order valence-electron chi connectivity index (χ4n) is 4.50. The van der Waals surface area contributed by atoms with Crippen LogP contribution in [0.25, 0.3) is 10.9 Å². The number of carbonyl (C=O) groups excluding carboxylic acids is 2. The van der Waals surface area contributed by atoms with E-state index < -0.39 is 11.8 Å². The van der Waals surface area contributed by atoms with Gasteiger partial charge in [-0.1, -0.05) is 30.3 Å². The molecule has 3 aromatic rings. The van der Waals surface area contributed by atoms with E-state index in [-0.39, 0.29) is 18.6 Å². The van der Waals surface area contributed by atoms with Crippen molar-refractivity contribution in [2.24, 2.45) is 5.92 Å². The summed E-state index contributed by atoms with van der Waals surface area (Å²) in [7, 11) is 0. The summed E-state index contributed by atoms with van der Waals surface area (Å²) in [5, 5.41) is 13.0. The van der Waals surface area contributed by atoms with Gasteiger partial charge in [0.2, 0.25) is 0 Å². The molecule has 0 unspecified atom stereocenters. The maximum Gasteiger partial charge on any atom is 0.251 e. The minimum Gasteiger partial charge on any atom is -0.380 e. The molecule has 170 valence electrons. The molecular formula is C26H27N3O4. The number of fused-ring (bicyclic) bond motifs is 1. The predicted molar refractivity (Wildman–Crippen MR) is 123 cm³/mol. The highest BCUT2D eigenvalue weighted by Gasteiger charge is 2.33. The molecule has 0 radical (unpaired) electrons. The highest BCUT2D eigenvalue weighted by atomic mass is 16.5. The SMILES string of the molecule is O=C(N[C@@H]1CCOC[C@@H]1C(=O)NO)c1ccc(Cc2cc(C3CC3)nc3ccccc23)cc1. The lowest BCUT2D eigenvalue weighted by Gasteiger charge is -2.30. The van der Waals surface area contributed by atoms with Crippen LogP contribution in [-0.2, 0) is 16.0 Å². The number of hydrogen-bond donors (Lipinski definition) is 3. The van der Waals surface area contributed by atoms with Gasteiger partial charge in [-0.15, -0.1) is 0 Å². The molecule has 2 heterocycles. The second-order valence-corrected chi connectivity index (χ2v) is 8.90. The van der Waals surface area contributed by atoms with Gasteiger partial charge in [-0.3, -0.25) is 19.8 Å². The van der Waals surface area contributed by atoms with Crippen molar-refractivity contribution in [3.8, 4) is 0 Å². The molecule has 5 rings (SSSR count). The zero-order chi connectivity index (χ0) is 22.8.